The van der Waals surface area contributed by atoms with Gasteiger partial charge in [0, 0.05) is 0 Å². The number of rotatable bonds is 4. The lowest BCUT2D eigenvalue weighted by molar-refractivity contribution is 0.574. The number of furan rings is 2. The van der Waals surface area contributed by atoms with Gasteiger partial charge >= 0.3 is 0 Å². The number of hydrogen-bond donors (Lipinski definition) is 0. The van der Waals surface area contributed by atoms with Gasteiger partial charge in [-0.15, -0.1) is 20.4 Å². The van der Waals surface area contributed by atoms with Crippen molar-refractivity contribution >= 4 is 32.6 Å². The Balaban J connectivity index is 1.29. The lowest BCUT2D eigenvalue weighted by Gasteiger charge is -1.98. The quantitative estimate of drug-likeness (QED) is 0.385. The van der Waals surface area contributed by atoms with E-state index in [1.807, 2.05) is 30.3 Å². The van der Waals surface area contributed by atoms with Crippen molar-refractivity contribution < 1.29 is 8.83 Å². The summed E-state index contributed by atoms with van der Waals surface area (Å²) in [6.07, 6.45) is 3.18. The Morgan fingerprint density at radius 3 is 1.62 bits per heavy atom. The van der Waals surface area contributed by atoms with Gasteiger partial charge in [-0.3, -0.25) is 0 Å². The fourth-order valence-corrected chi connectivity index (χ4v) is 4.85. The van der Waals surface area contributed by atoms with Crippen molar-refractivity contribution in [2.24, 2.45) is 0 Å². The molecule has 0 bridgehead atoms. The highest BCUT2D eigenvalue weighted by Crippen LogP contribution is 2.31. The van der Waals surface area contributed by atoms with Gasteiger partial charge in [-0.25, -0.2) is 4.98 Å². The van der Waals surface area contributed by atoms with E-state index in [0.29, 0.717) is 54.5 Å². The molecule has 0 spiro atoms. The van der Waals surface area contributed by atoms with Gasteiger partial charge in [0.2, 0.25) is 21.6 Å². The van der Waals surface area contributed by atoms with Crippen LogP contribution in [0.4, 0.5) is 0 Å². The average Bonchev–Trinajstić information content (AvgIpc) is 3.61. The third-order valence-corrected chi connectivity index (χ3v) is 6.49. The molecule has 0 fully saturated rings. The molecule has 0 atom stereocenters. The third-order valence-electron chi connectivity index (χ3n) is 4.65. The van der Waals surface area contributed by atoms with Crippen molar-refractivity contribution in [2.45, 2.75) is 0 Å². The Hall–Kier alpha value is -4.23. The minimum absolute atomic E-state index is 0.544. The first kappa shape index (κ1) is 17.5. The normalized spacial score (nSPS) is 11.8. The zero-order valence-corrected chi connectivity index (χ0v) is 17.5. The van der Waals surface area contributed by atoms with E-state index in [1.165, 1.54) is 22.7 Å². The van der Waals surface area contributed by atoms with Crippen molar-refractivity contribution in [1.82, 2.24) is 44.6 Å². The molecule has 0 radical (unpaired) electrons. The maximum Gasteiger partial charge on any atom is 0.235 e. The van der Waals surface area contributed by atoms with Gasteiger partial charge in [0.15, 0.2) is 21.5 Å². The van der Waals surface area contributed by atoms with Crippen molar-refractivity contribution in [2.75, 3.05) is 0 Å². The van der Waals surface area contributed by atoms with Gasteiger partial charge in [0.25, 0.3) is 0 Å². The maximum atomic E-state index is 5.43. The highest BCUT2D eigenvalue weighted by Gasteiger charge is 2.19. The summed E-state index contributed by atoms with van der Waals surface area (Å²) in [6.45, 7) is 0. The zero-order valence-electron chi connectivity index (χ0n) is 15.9. The summed E-state index contributed by atoms with van der Waals surface area (Å²) in [6, 6.07) is 13.0. The van der Waals surface area contributed by atoms with Crippen molar-refractivity contribution in [3.05, 3.63) is 55.0 Å². The topological polar surface area (TPSA) is 125 Å². The molecule has 7 aromatic rings. The summed E-state index contributed by atoms with van der Waals surface area (Å²) in [5.74, 6) is 2.29. The number of pyridine rings is 1. The van der Waals surface area contributed by atoms with Crippen molar-refractivity contribution in [3.63, 3.8) is 0 Å². The number of fused-ring (bicyclic) bond motifs is 2. The average molecular weight is 459 g/mol. The van der Waals surface area contributed by atoms with E-state index in [-0.39, 0.29) is 0 Å². The highest BCUT2D eigenvalue weighted by molar-refractivity contribution is 7.20. The Labute approximate surface area is 185 Å². The SMILES string of the molecule is c1cc(-c2nn3c(-c4ccco4)nnc3s2)nc(-c2nn3c(-c4ccco4)nnc3s2)c1. The highest BCUT2D eigenvalue weighted by atomic mass is 32.1. The van der Waals surface area contributed by atoms with Crippen LogP contribution >= 0.6 is 22.7 Å². The number of hydrogen-bond acceptors (Lipinski definition) is 11. The van der Waals surface area contributed by atoms with Crippen LogP contribution in [0, 0.1) is 0 Å². The van der Waals surface area contributed by atoms with Gasteiger partial charge in [0.1, 0.15) is 11.4 Å². The molecule has 0 saturated heterocycles. The lowest BCUT2D eigenvalue weighted by atomic mass is 10.3. The van der Waals surface area contributed by atoms with Crippen LogP contribution < -0.4 is 0 Å². The number of nitrogens with zero attached hydrogens (tertiary/aromatic N) is 9. The predicted molar refractivity (Wildman–Crippen MR) is 115 cm³/mol. The molecule has 0 aliphatic carbocycles. The van der Waals surface area contributed by atoms with Crippen LogP contribution in [0.1, 0.15) is 0 Å². The molecular weight excluding hydrogens is 450 g/mol. The molecule has 0 aliphatic rings. The molecule has 0 aliphatic heterocycles. The second-order valence-corrected chi connectivity index (χ2v) is 8.53. The second kappa shape index (κ2) is 6.63. The van der Waals surface area contributed by atoms with Crippen LogP contribution in [-0.4, -0.2) is 44.6 Å². The van der Waals surface area contributed by atoms with E-state index >= 15 is 0 Å². The smallest absolute Gasteiger partial charge is 0.235 e. The maximum absolute atomic E-state index is 5.43. The zero-order chi connectivity index (χ0) is 21.1. The summed E-state index contributed by atoms with van der Waals surface area (Å²) in [7, 11) is 0. The van der Waals surface area contributed by atoms with Crippen LogP contribution in [0.25, 0.3) is 54.5 Å². The van der Waals surface area contributed by atoms with Crippen LogP contribution in [0.5, 0.6) is 0 Å². The first-order chi connectivity index (χ1) is 15.8. The molecule has 13 heteroatoms. The van der Waals surface area contributed by atoms with E-state index in [1.54, 1.807) is 33.7 Å². The first-order valence-electron chi connectivity index (χ1n) is 9.33. The summed E-state index contributed by atoms with van der Waals surface area (Å²) >= 11 is 2.79. The fourth-order valence-electron chi connectivity index (χ4n) is 3.23. The molecule has 0 unspecified atom stereocenters. The van der Waals surface area contributed by atoms with E-state index in [9.17, 15) is 0 Å². The Bertz CT molecular complexity index is 1570. The monoisotopic (exact) mass is 459 g/mol. The number of aromatic nitrogens is 9. The van der Waals surface area contributed by atoms with Crippen LogP contribution in [-0.2, 0) is 0 Å². The Kier molecular flexibility index (Phi) is 3.62. The Morgan fingerprint density at radius 2 is 1.16 bits per heavy atom. The summed E-state index contributed by atoms with van der Waals surface area (Å²) in [5, 5.41) is 27.4. The second-order valence-electron chi connectivity index (χ2n) is 6.61. The van der Waals surface area contributed by atoms with E-state index in [4.69, 9.17) is 13.8 Å². The van der Waals surface area contributed by atoms with Crippen LogP contribution in [0.15, 0.2) is 63.8 Å². The van der Waals surface area contributed by atoms with Gasteiger partial charge in [-0.2, -0.15) is 19.2 Å². The van der Waals surface area contributed by atoms with Crippen LogP contribution in [0.3, 0.4) is 0 Å². The molecule has 7 heterocycles. The molecule has 154 valence electrons. The molecule has 7 aromatic heterocycles. The minimum atomic E-state index is 0.544. The molecule has 7 rings (SSSR count). The van der Waals surface area contributed by atoms with E-state index in [0.717, 1.165) is 0 Å². The lowest BCUT2D eigenvalue weighted by Crippen LogP contribution is -1.93. The van der Waals surface area contributed by atoms with E-state index in [2.05, 4.69) is 30.6 Å². The summed E-state index contributed by atoms with van der Waals surface area (Å²) < 4.78 is 14.2. The minimum Gasteiger partial charge on any atom is -0.461 e. The van der Waals surface area contributed by atoms with Crippen LogP contribution in [0.2, 0.25) is 0 Å². The molecule has 11 nitrogen and oxygen atoms in total. The van der Waals surface area contributed by atoms with Gasteiger partial charge in [-0.05, 0) is 36.4 Å². The molecule has 0 saturated carbocycles. The van der Waals surface area contributed by atoms with Crippen molar-refractivity contribution in [1.29, 1.82) is 0 Å². The standard InChI is InChI=1S/C19H9N9O2S2/c1-4-10(16-25-27-14(12-6-2-8-29-12)21-23-18(27)31-16)20-11(5-1)17-26-28-15(13-7-3-9-30-13)22-24-19(28)32-17/h1-9H. The molecule has 0 amide bonds. The van der Waals surface area contributed by atoms with E-state index < -0.39 is 0 Å². The molecule has 32 heavy (non-hydrogen) atoms. The summed E-state index contributed by atoms with van der Waals surface area (Å²) in [5.41, 5.74) is 1.42. The van der Waals surface area contributed by atoms with Gasteiger partial charge in [-0.1, -0.05) is 28.7 Å². The Morgan fingerprint density at radius 1 is 0.625 bits per heavy atom. The predicted octanol–water partition coefficient (Wildman–Crippen LogP) is 3.93. The summed E-state index contributed by atoms with van der Waals surface area (Å²) in [4.78, 5) is 6.08. The van der Waals surface area contributed by atoms with Gasteiger partial charge < -0.3 is 8.83 Å². The van der Waals surface area contributed by atoms with Gasteiger partial charge in [0.05, 0.1) is 12.5 Å². The molecule has 0 aromatic carbocycles. The largest absolute Gasteiger partial charge is 0.461 e. The third kappa shape index (κ3) is 2.61. The fraction of sp³-hybridized carbons (Fsp3) is 0. The first-order valence-corrected chi connectivity index (χ1v) is 11.0. The van der Waals surface area contributed by atoms with Crippen molar-refractivity contribution in [3.8, 4) is 44.6 Å². The molecule has 0 N–H and O–H groups in total. The molecular formula is C19H9N9O2S2.